The fraction of sp³-hybridized carbons (Fsp3) is 0.233. The summed E-state index contributed by atoms with van der Waals surface area (Å²) in [6.07, 6.45) is 8.78. The maximum absolute atomic E-state index is 14.3. The van der Waals surface area contributed by atoms with Crippen molar-refractivity contribution in [3.05, 3.63) is 102 Å². The molecular weight excluding hydrogens is 453 g/mol. The molecule has 4 rings (SSSR count). The average Bonchev–Trinajstić information content (AvgIpc) is 3.27. The number of H-pyrrole nitrogens is 1. The molecule has 0 unspecified atom stereocenters. The molecule has 36 heavy (non-hydrogen) atoms. The van der Waals surface area contributed by atoms with E-state index in [0.29, 0.717) is 23.4 Å². The lowest BCUT2D eigenvalue weighted by molar-refractivity contribution is -0.112. The second-order valence-corrected chi connectivity index (χ2v) is 8.59. The molecule has 2 aromatic carbocycles. The second-order valence-electron chi connectivity index (χ2n) is 8.59. The fourth-order valence-corrected chi connectivity index (χ4v) is 4.22. The van der Waals surface area contributed by atoms with Crippen molar-refractivity contribution in [1.29, 1.82) is 0 Å². The molecule has 0 bridgehead atoms. The fourth-order valence-electron chi connectivity index (χ4n) is 4.22. The highest BCUT2D eigenvalue weighted by Crippen LogP contribution is 2.35. The topological polar surface area (TPSA) is 67.9 Å². The van der Waals surface area contributed by atoms with Crippen LogP contribution in [0.2, 0.25) is 0 Å². The SMILES string of the molecule is CC/C(=C(/c1ccc(OCCCC/C=C/C(C)=O)nc1)c1ccc2n[nH]c(F)c2c1)c1ccccc1. The Hall–Kier alpha value is -4.06. The Kier molecular flexibility index (Phi) is 8.40. The van der Waals surface area contributed by atoms with Gasteiger partial charge in [0, 0.05) is 17.8 Å². The largest absolute Gasteiger partial charge is 0.478 e. The van der Waals surface area contributed by atoms with E-state index >= 15 is 0 Å². The molecule has 4 aromatic rings. The molecule has 0 aliphatic carbocycles. The molecule has 0 spiro atoms. The highest BCUT2D eigenvalue weighted by molar-refractivity contribution is 6.00. The Morgan fingerprint density at radius 2 is 1.83 bits per heavy atom. The summed E-state index contributed by atoms with van der Waals surface area (Å²) in [4.78, 5) is 15.5. The summed E-state index contributed by atoms with van der Waals surface area (Å²) in [5.74, 6) is 0.186. The predicted molar refractivity (Wildman–Crippen MR) is 142 cm³/mol. The summed E-state index contributed by atoms with van der Waals surface area (Å²) in [5.41, 5.74) is 5.68. The van der Waals surface area contributed by atoms with E-state index < -0.39 is 5.95 Å². The van der Waals surface area contributed by atoms with Crippen LogP contribution in [0.3, 0.4) is 0 Å². The number of aromatic amines is 1. The molecule has 0 saturated heterocycles. The molecule has 0 fully saturated rings. The smallest absolute Gasteiger partial charge is 0.216 e. The third-order valence-electron chi connectivity index (χ3n) is 5.97. The van der Waals surface area contributed by atoms with E-state index in [9.17, 15) is 9.18 Å². The minimum absolute atomic E-state index is 0.0669. The molecule has 0 aliphatic rings. The molecule has 0 radical (unpaired) electrons. The van der Waals surface area contributed by atoms with Gasteiger partial charge in [0.2, 0.25) is 11.8 Å². The number of nitrogens with one attached hydrogen (secondary N) is 1. The highest BCUT2D eigenvalue weighted by Gasteiger charge is 2.16. The van der Waals surface area contributed by atoms with Crippen LogP contribution in [-0.2, 0) is 4.79 Å². The zero-order chi connectivity index (χ0) is 25.3. The van der Waals surface area contributed by atoms with Crippen molar-refractivity contribution in [3.8, 4) is 5.88 Å². The number of hydrogen-bond donors (Lipinski definition) is 1. The Morgan fingerprint density at radius 1 is 1.03 bits per heavy atom. The van der Waals surface area contributed by atoms with Crippen molar-refractivity contribution in [1.82, 2.24) is 15.2 Å². The van der Waals surface area contributed by atoms with Gasteiger partial charge in [-0.15, -0.1) is 0 Å². The first kappa shape index (κ1) is 25.0. The normalized spacial score (nSPS) is 12.2. The third kappa shape index (κ3) is 6.13. The lowest BCUT2D eigenvalue weighted by atomic mass is 9.88. The van der Waals surface area contributed by atoms with Crippen molar-refractivity contribution < 1.29 is 13.9 Å². The molecule has 1 N–H and O–H groups in total. The summed E-state index contributed by atoms with van der Waals surface area (Å²) in [6.45, 7) is 4.23. The van der Waals surface area contributed by atoms with Gasteiger partial charge in [0.05, 0.1) is 17.5 Å². The van der Waals surface area contributed by atoms with Crippen LogP contribution in [0.15, 0.2) is 79.0 Å². The van der Waals surface area contributed by atoms with Gasteiger partial charge in [-0.05, 0) is 79.2 Å². The lowest BCUT2D eigenvalue weighted by Gasteiger charge is -2.16. The summed E-state index contributed by atoms with van der Waals surface area (Å²) >= 11 is 0. The van der Waals surface area contributed by atoms with E-state index in [4.69, 9.17) is 4.74 Å². The van der Waals surface area contributed by atoms with Gasteiger partial charge in [0.1, 0.15) is 0 Å². The van der Waals surface area contributed by atoms with E-state index in [1.54, 1.807) is 13.0 Å². The van der Waals surface area contributed by atoms with Crippen molar-refractivity contribution in [2.45, 2.75) is 39.5 Å². The minimum Gasteiger partial charge on any atom is -0.478 e. The van der Waals surface area contributed by atoms with E-state index in [1.165, 1.54) is 0 Å². The average molecular weight is 484 g/mol. The molecule has 5 nitrogen and oxygen atoms in total. The summed E-state index contributed by atoms with van der Waals surface area (Å²) in [5, 5.41) is 6.91. The second kappa shape index (κ2) is 12.1. The lowest BCUT2D eigenvalue weighted by Crippen LogP contribution is -2.00. The number of ketones is 1. The van der Waals surface area contributed by atoms with Gasteiger partial charge in [0.25, 0.3) is 0 Å². The van der Waals surface area contributed by atoms with E-state index in [-0.39, 0.29) is 5.78 Å². The summed E-state index contributed by atoms with van der Waals surface area (Å²) in [6, 6.07) is 19.7. The zero-order valence-electron chi connectivity index (χ0n) is 20.6. The van der Waals surface area contributed by atoms with Gasteiger partial charge in [-0.3, -0.25) is 9.89 Å². The number of carbonyl (C=O) groups is 1. The van der Waals surface area contributed by atoms with Crippen LogP contribution in [0.1, 0.15) is 56.2 Å². The molecule has 6 heteroatoms. The first-order valence-electron chi connectivity index (χ1n) is 12.3. The van der Waals surface area contributed by atoms with Gasteiger partial charge in [0.15, 0.2) is 5.78 Å². The first-order valence-corrected chi connectivity index (χ1v) is 12.3. The molecule has 0 amide bonds. The van der Waals surface area contributed by atoms with Crippen LogP contribution in [0.25, 0.3) is 22.0 Å². The Balaban J connectivity index is 1.60. The minimum atomic E-state index is -0.442. The third-order valence-corrected chi connectivity index (χ3v) is 5.97. The number of fused-ring (bicyclic) bond motifs is 1. The Labute approximate surface area is 210 Å². The quantitative estimate of drug-likeness (QED) is 0.140. The number of halogens is 1. The van der Waals surface area contributed by atoms with Crippen molar-refractivity contribution in [2.75, 3.05) is 6.61 Å². The molecule has 2 aromatic heterocycles. The van der Waals surface area contributed by atoms with Crippen LogP contribution in [-0.4, -0.2) is 27.6 Å². The monoisotopic (exact) mass is 483 g/mol. The number of aromatic nitrogens is 3. The Morgan fingerprint density at radius 3 is 2.56 bits per heavy atom. The summed E-state index contributed by atoms with van der Waals surface area (Å²) < 4.78 is 20.1. The highest BCUT2D eigenvalue weighted by atomic mass is 19.1. The molecule has 0 saturated carbocycles. The van der Waals surface area contributed by atoms with Crippen molar-refractivity contribution in [3.63, 3.8) is 0 Å². The van der Waals surface area contributed by atoms with Crippen LogP contribution in [0, 0.1) is 5.95 Å². The predicted octanol–water partition coefficient (Wildman–Crippen LogP) is 7.16. The number of nitrogens with zero attached hydrogens (tertiary/aromatic N) is 2. The molecule has 0 atom stereocenters. The maximum atomic E-state index is 14.3. The molecule has 2 heterocycles. The van der Waals surface area contributed by atoms with Crippen LogP contribution >= 0.6 is 0 Å². The van der Waals surface area contributed by atoms with Crippen LogP contribution in [0.5, 0.6) is 5.88 Å². The van der Waals surface area contributed by atoms with E-state index in [2.05, 4.69) is 34.2 Å². The van der Waals surface area contributed by atoms with E-state index in [1.807, 2.05) is 60.8 Å². The van der Waals surface area contributed by atoms with Gasteiger partial charge in [-0.2, -0.15) is 9.49 Å². The van der Waals surface area contributed by atoms with Gasteiger partial charge >= 0.3 is 0 Å². The number of ether oxygens (including phenoxy) is 1. The number of allylic oxidation sites excluding steroid dienone is 3. The standard InChI is InChI=1S/C30H30FN3O2/c1-3-25(22-12-8-6-9-13-22)29(23-14-16-27-26(19-23)30(31)34-33-27)24-15-17-28(32-20-24)36-18-10-5-4-7-11-21(2)35/h6-9,11-17,19-20H,3-5,10,18H2,1-2H3,(H,33,34)/b11-7+,29-25-. The van der Waals surface area contributed by atoms with Crippen LogP contribution in [0.4, 0.5) is 4.39 Å². The first-order chi connectivity index (χ1) is 17.6. The molecular formula is C30H30FN3O2. The number of pyridine rings is 1. The van der Waals surface area contributed by atoms with Crippen LogP contribution < -0.4 is 4.74 Å². The van der Waals surface area contributed by atoms with Gasteiger partial charge in [-0.25, -0.2) is 4.98 Å². The zero-order valence-corrected chi connectivity index (χ0v) is 20.6. The van der Waals surface area contributed by atoms with Gasteiger partial charge < -0.3 is 4.74 Å². The number of unbranched alkanes of at least 4 members (excludes halogenated alkanes) is 2. The van der Waals surface area contributed by atoms with E-state index in [0.717, 1.165) is 53.5 Å². The Bertz CT molecular complexity index is 1370. The van der Waals surface area contributed by atoms with Gasteiger partial charge in [-0.1, -0.05) is 49.4 Å². The maximum Gasteiger partial charge on any atom is 0.216 e. The van der Waals surface area contributed by atoms with Crippen molar-refractivity contribution >= 4 is 27.8 Å². The van der Waals surface area contributed by atoms with Crippen molar-refractivity contribution in [2.24, 2.45) is 0 Å². The molecule has 0 aliphatic heterocycles. The number of rotatable bonds is 11. The number of hydrogen-bond acceptors (Lipinski definition) is 4. The number of benzene rings is 2. The number of carbonyl (C=O) groups excluding carboxylic acids is 1. The molecule has 184 valence electrons. The summed E-state index contributed by atoms with van der Waals surface area (Å²) in [7, 11) is 0.